The van der Waals surface area contributed by atoms with E-state index in [1.165, 1.54) is 22.3 Å². The van der Waals surface area contributed by atoms with Crippen molar-refractivity contribution in [2.45, 2.75) is 51.4 Å². The van der Waals surface area contributed by atoms with Crippen LogP contribution in [0.25, 0.3) is 20.8 Å². The minimum atomic E-state index is -0.975. The Kier molecular flexibility index (Phi) is 8.05. The third-order valence-corrected chi connectivity index (χ3v) is 6.80. The van der Waals surface area contributed by atoms with E-state index in [-0.39, 0.29) is 19.6 Å². The molecule has 0 unspecified atom stereocenters. The van der Waals surface area contributed by atoms with Crippen LogP contribution in [0.1, 0.15) is 32.8 Å². The monoisotopic (exact) mass is 524 g/mol. The lowest BCUT2D eigenvalue weighted by atomic mass is 10.0. The van der Waals surface area contributed by atoms with Crippen LogP contribution in [0.15, 0.2) is 42.5 Å². The van der Waals surface area contributed by atoms with Gasteiger partial charge in [-0.25, -0.2) is 14.2 Å². The van der Waals surface area contributed by atoms with Gasteiger partial charge in [0.1, 0.15) is 22.5 Å². The predicted molar refractivity (Wildman–Crippen MR) is 138 cm³/mol. The number of thiazole rings is 1. The molecule has 0 radical (unpaired) electrons. The summed E-state index contributed by atoms with van der Waals surface area (Å²) in [5.74, 6) is -1.01. The molecule has 1 fully saturated rings. The van der Waals surface area contributed by atoms with Gasteiger partial charge in [-0.1, -0.05) is 24.3 Å². The molecule has 1 aliphatic rings. The highest BCUT2D eigenvalue weighted by molar-refractivity contribution is 7.21. The number of benzene rings is 2. The second-order valence-electron chi connectivity index (χ2n) is 9.83. The molecule has 194 valence electrons. The molecule has 0 spiro atoms. The van der Waals surface area contributed by atoms with Gasteiger partial charge in [-0.05, 0) is 51.0 Å². The normalized spacial score (nSPS) is 17.1. The van der Waals surface area contributed by atoms with Gasteiger partial charge >= 0.3 is 6.09 Å². The molecule has 37 heavy (non-hydrogen) atoms. The van der Waals surface area contributed by atoms with Gasteiger partial charge in [0.15, 0.2) is 6.10 Å². The first-order valence-corrected chi connectivity index (χ1v) is 12.9. The molecule has 0 aliphatic carbocycles. The number of carbonyl (C=O) groups is 2. The lowest BCUT2D eigenvalue weighted by Crippen LogP contribution is -2.48. The molecule has 8 nitrogen and oxygen atoms in total. The van der Waals surface area contributed by atoms with Crippen LogP contribution < -0.4 is 5.32 Å². The number of halogens is 1. The fraction of sp³-hybridized carbons (Fsp3) is 0.407. The van der Waals surface area contributed by atoms with Gasteiger partial charge in [-0.2, -0.15) is 5.26 Å². The van der Waals surface area contributed by atoms with Crippen LogP contribution in [0.3, 0.4) is 0 Å². The van der Waals surface area contributed by atoms with Gasteiger partial charge in [0.2, 0.25) is 0 Å². The van der Waals surface area contributed by atoms with Gasteiger partial charge < -0.3 is 19.7 Å². The molecule has 10 heteroatoms. The van der Waals surface area contributed by atoms with Crippen LogP contribution >= 0.6 is 11.3 Å². The van der Waals surface area contributed by atoms with Gasteiger partial charge in [-0.3, -0.25) is 4.79 Å². The minimum Gasteiger partial charge on any atom is -0.444 e. The summed E-state index contributed by atoms with van der Waals surface area (Å²) in [5.41, 5.74) is 1.13. The number of aromatic nitrogens is 1. The summed E-state index contributed by atoms with van der Waals surface area (Å²) in [5, 5.41) is 13.0. The Morgan fingerprint density at radius 1 is 1.32 bits per heavy atom. The maximum atomic E-state index is 15.0. The Labute approximate surface area is 219 Å². The number of para-hydroxylation sites is 1. The maximum Gasteiger partial charge on any atom is 0.410 e. The number of amides is 2. The van der Waals surface area contributed by atoms with Crippen molar-refractivity contribution in [2.75, 3.05) is 19.7 Å². The van der Waals surface area contributed by atoms with E-state index in [1.54, 1.807) is 32.9 Å². The highest BCUT2D eigenvalue weighted by Gasteiger charge is 2.31. The first-order chi connectivity index (χ1) is 17.6. The number of ether oxygens (including phenoxy) is 2. The second kappa shape index (κ2) is 11.2. The molecule has 3 aromatic rings. The smallest absolute Gasteiger partial charge is 0.410 e. The number of hydrogen-bond acceptors (Lipinski definition) is 7. The lowest BCUT2D eigenvalue weighted by molar-refractivity contribution is -0.133. The van der Waals surface area contributed by atoms with Crippen molar-refractivity contribution in [2.24, 2.45) is 0 Å². The number of fused-ring (bicyclic) bond motifs is 1. The summed E-state index contributed by atoms with van der Waals surface area (Å²) in [6.45, 7) is 6.00. The van der Waals surface area contributed by atoms with Crippen molar-refractivity contribution < 1.29 is 23.5 Å². The topological polar surface area (TPSA) is 105 Å². The molecule has 2 aromatic carbocycles. The van der Waals surface area contributed by atoms with E-state index in [9.17, 15) is 19.2 Å². The Morgan fingerprint density at radius 2 is 2.11 bits per heavy atom. The molecule has 4 rings (SSSR count). The van der Waals surface area contributed by atoms with Crippen LogP contribution in [0.5, 0.6) is 0 Å². The highest BCUT2D eigenvalue weighted by atomic mass is 32.1. The quantitative estimate of drug-likeness (QED) is 0.520. The number of nitrogens with one attached hydrogen (secondary N) is 1. The summed E-state index contributed by atoms with van der Waals surface area (Å²) in [4.78, 5) is 31.4. The van der Waals surface area contributed by atoms with Gasteiger partial charge in [0.05, 0.1) is 22.8 Å². The van der Waals surface area contributed by atoms with Crippen molar-refractivity contribution in [3.05, 3.63) is 53.8 Å². The van der Waals surface area contributed by atoms with Crippen LogP contribution in [0.2, 0.25) is 0 Å². The first-order valence-electron chi connectivity index (χ1n) is 12.1. The zero-order valence-electron chi connectivity index (χ0n) is 21.0. The van der Waals surface area contributed by atoms with E-state index in [4.69, 9.17) is 9.47 Å². The van der Waals surface area contributed by atoms with Crippen molar-refractivity contribution in [1.29, 1.82) is 5.26 Å². The highest BCUT2D eigenvalue weighted by Crippen LogP contribution is 2.31. The van der Waals surface area contributed by atoms with Gasteiger partial charge in [0.25, 0.3) is 5.91 Å². The third-order valence-electron chi connectivity index (χ3n) is 5.71. The van der Waals surface area contributed by atoms with E-state index in [0.717, 1.165) is 10.2 Å². The molecular weight excluding hydrogens is 495 g/mol. The molecule has 1 aromatic heterocycles. The average Bonchev–Trinajstić information content (AvgIpc) is 3.12. The zero-order chi connectivity index (χ0) is 26.6. The van der Waals surface area contributed by atoms with Crippen LogP contribution in [-0.4, -0.2) is 59.3 Å². The minimum absolute atomic E-state index is 0.00409. The van der Waals surface area contributed by atoms with Gasteiger partial charge in [0, 0.05) is 25.1 Å². The molecule has 2 atom stereocenters. The van der Waals surface area contributed by atoms with Gasteiger partial charge in [-0.15, -0.1) is 11.3 Å². The fourth-order valence-corrected chi connectivity index (χ4v) is 4.89. The van der Waals surface area contributed by atoms with Crippen molar-refractivity contribution in [3.63, 3.8) is 0 Å². The second-order valence-corrected chi connectivity index (χ2v) is 10.9. The largest absolute Gasteiger partial charge is 0.444 e. The summed E-state index contributed by atoms with van der Waals surface area (Å²) < 4.78 is 27.0. The maximum absolute atomic E-state index is 15.0. The van der Waals surface area contributed by atoms with Crippen LogP contribution in [0, 0.1) is 17.1 Å². The number of hydrogen-bond donors (Lipinski definition) is 1. The Morgan fingerprint density at radius 3 is 2.81 bits per heavy atom. The molecular formula is C27H29FN4O4S. The predicted octanol–water partition coefficient (Wildman–Crippen LogP) is 4.68. The zero-order valence-corrected chi connectivity index (χ0v) is 21.8. The summed E-state index contributed by atoms with van der Waals surface area (Å²) >= 11 is 1.48. The SMILES string of the molecule is CC(C)(C)OC(=O)N1CCCO[C@H](C(=O)N[C@H](C#N)Cc2ccc(-c3nc4ccccc4s3)cc2F)C1. The van der Waals surface area contributed by atoms with E-state index in [1.807, 2.05) is 30.3 Å². The molecule has 2 heterocycles. The average molecular weight is 525 g/mol. The Hall–Kier alpha value is -3.55. The van der Waals surface area contributed by atoms with Crippen molar-refractivity contribution >= 4 is 33.6 Å². The molecule has 0 bridgehead atoms. The summed E-state index contributed by atoms with van der Waals surface area (Å²) in [6.07, 6.45) is -0.951. The third kappa shape index (κ3) is 6.81. The van der Waals surface area contributed by atoms with Crippen LogP contribution in [0.4, 0.5) is 9.18 Å². The van der Waals surface area contributed by atoms with E-state index in [0.29, 0.717) is 29.1 Å². The molecule has 1 saturated heterocycles. The molecule has 1 aliphatic heterocycles. The number of rotatable bonds is 5. The van der Waals surface area contributed by atoms with E-state index < -0.39 is 35.6 Å². The molecule has 2 amide bonds. The number of nitriles is 1. The van der Waals surface area contributed by atoms with E-state index >= 15 is 0 Å². The van der Waals surface area contributed by atoms with Crippen LogP contribution in [-0.2, 0) is 20.7 Å². The van der Waals surface area contributed by atoms with Crippen molar-refractivity contribution in [3.8, 4) is 16.6 Å². The molecule has 0 saturated carbocycles. The Bertz CT molecular complexity index is 1300. The fourth-order valence-electron chi connectivity index (χ4n) is 3.93. The summed E-state index contributed by atoms with van der Waals surface area (Å²) in [6, 6.07) is 13.5. The summed E-state index contributed by atoms with van der Waals surface area (Å²) in [7, 11) is 0. The molecule has 1 N–H and O–H groups in total. The first kappa shape index (κ1) is 26.5. The number of carbonyl (C=O) groups excluding carboxylic acids is 2. The van der Waals surface area contributed by atoms with Crippen molar-refractivity contribution in [1.82, 2.24) is 15.2 Å². The standard InChI is InChI=1S/C27H29FN4O4S/c1-27(2,3)36-26(34)32-11-6-12-35-22(16-32)24(33)30-19(15-29)13-17-9-10-18(14-20(17)28)25-31-21-7-4-5-8-23(21)37-25/h4-5,7-10,14,19,22H,6,11-13,16H2,1-3H3,(H,30,33)/t19-,22-/m0/s1. The lowest BCUT2D eigenvalue weighted by Gasteiger charge is -2.27. The Balaban J connectivity index is 1.40. The number of nitrogens with zero attached hydrogens (tertiary/aromatic N) is 3. The van der Waals surface area contributed by atoms with E-state index in [2.05, 4.69) is 10.3 Å².